The van der Waals surface area contributed by atoms with Crippen molar-refractivity contribution in [3.8, 4) is 0 Å². The van der Waals surface area contributed by atoms with Crippen molar-refractivity contribution in [2.45, 2.75) is 17.7 Å². The van der Waals surface area contributed by atoms with Crippen LogP contribution in [0.15, 0.2) is 41.3 Å². The number of nitrogens with zero attached hydrogens (tertiary/aromatic N) is 1. The average molecular weight is 389 g/mol. The molecule has 1 aliphatic heterocycles. The molecule has 4 atom stereocenters. The number of benzene rings is 1. The monoisotopic (exact) mass is 389 g/mol. The first-order valence-corrected chi connectivity index (χ1v) is 10.3. The van der Waals surface area contributed by atoms with Gasteiger partial charge in [0.1, 0.15) is 0 Å². The Morgan fingerprint density at radius 3 is 2.15 bits per heavy atom. The van der Waals surface area contributed by atoms with E-state index in [0.717, 1.165) is 6.42 Å². The molecule has 27 heavy (non-hydrogen) atoms. The molecule has 0 radical (unpaired) electrons. The number of sulfonamides is 1. The lowest BCUT2D eigenvalue weighted by Crippen LogP contribution is -2.35. The molecular formula is C18H19N3O5S. The number of nitrogens with one attached hydrogen (secondary N) is 1. The summed E-state index contributed by atoms with van der Waals surface area (Å²) < 4.78 is 22.5. The highest BCUT2D eigenvalue weighted by Gasteiger charge is 2.58. The van der Waals surface area contributed by atoms with Gasteiger partial charge in [0.25, 0.3) is 0 Å². The Kier molecular flexibility index (Phi) is 4.15. The van der Waals surface area contributed by atoms with E-state index in [1.807, 2.05) is 12.2 Å². The molecule has 3 aliphatic rings. The van der Waals surface area contributed by atoms with E-state index in [1.165, 1.54) is 29.2 Å². The number of amides is 3. The van der Waals surface area contributed by atoms with E-state index in [4.69, 9.17) is 5.14 Å². The highest BCUT2D eigenvalue weighted by atomic mass is 32.2. The van der Waals surface area contributed by atoms with Crippen molar-refractivity contribution in [3.63, 3.8) is 0 Å². The predicted octanol–water partition coefficient (Wildman–Crippen LogP) is 0.470. The number of nitrogens with two attached hydrogens (primary N) is 1. The first kappa shape index (κ1) is 17.9. The normalized spacial score (nSPS) is 28.7. The van der Waals surface area contributed by atoms with Gasteiger partial charge < -0.3 is 5.32 Å². The van der Waals surface area contributed by atoms with Crippen molar-refractivity contribution in [1.82, 2.24) is 4.90 Å². The number of allylic oxidation sites excluding steroid dienone is 2. The molecule has 1 saturated heterocycles. The summed E-state index contributed by atoms with van der Waals surface area (Å²) in [5, 5.41) is 7.64. The predicted molar refractivity (Wildman–Crippen MR) is 95.5 cm³/mol. The summed E-state index contributed by atoms with van der Waals surface area (Å²) in [5.74, 6) is -0.945. The van der Waals surface area contributed by atoms with Gasteiger partial charge in [-0.15, -0.1) is 0 Å². The number of likely N-dealkylation sites (tertiary alicyclic amines) is 1. The SMILES string of the molecule is NS(=O)(=O)c1ccc(NC(=O)CCN2C(=O)[C@@H]3[C@H](C2=O)[C@H]2C=C[C@@H]3C2)cc1. The van der Waals surface area contributed by atoms with Crippen LogP contribution in [0.4, 0.5) is 5.69 Å². The number of fused-ring (bicyclic) bond motifs is 5. The Morgan fingerprint density at radius 1 is 1.07 bits per heavy atom. The van der Waals surface area contributed by atoms with Crippen molar-refractivity contribution in [1.29, 1.82) is 0 Å². The van der Waals surface area contributed by atoms with E-state index in [1.54, 1.807) is 0 Å². The van der Waals surface area contributed by atoms with Crippen LogP contribution in [0.3, 0.4) is 0 Å². The Labute approximate surface area is 156 Å². The summed E-state index contributed by atoms with van der Waals surface area (Å²) in [5.41, 5.74) is 0.408. The van der Waals surface area contributed by atoms with E-state index in [0.29, 0.717) is 5.69 Å². The molecule has 1 aromatic carbocycles. The van der Waals surface area contributed by atoms with Gasteiger partial charge in [0.15, 0.2) is 0 Å². The minimum atomic E-state index is -3.79. The highest BCUT2D eigenvalue weighted by molar-refractivity contribution is 7.89. The maximum atomic E-state index is 12.6. The molecular weight excluding hydrogens is 370 g/mol. The molecule has 4 rings (SSSR count). The number of imide groups is 1. The molecule has 2 fully saturated rings. The van der Waals surface area contributed by atoms with Gasteiger partial charge in [-0.05, 0) is 42.5 Å². The maximum Gasteiger partial charge on any atom is 0.238 e. The topological polar surface area (TPSA) is 127 Å². The van der Waals surface area contributed by atoms with Gasteiger partial charge in [-0.3, -0.25) is 19.3 Å². The van der Waals surface area contributed by atoms with Crippen molar-refractivity contribution in [3.05, 3.63) is 36.4 Å². The number of anilines is 1. The zero-order valence-corrected chi connectivity index (χ0v) is 15.2. The van der Waals surface area contributed by atoms with Crippen molar-refractivity contribution < 1.29 is 22.8 Å². The standard InChI is InChI=1S/C18H19N3O5S/c19-27(25,26)13-5-3-12(4-6-13)20-14(22)7-8-21-17(23)15-10-1-2-11(9-10)16(15)18(21)24/h1-6,10-11,15-16H,7-9H2,(H,20,22)(H2,19,25,26)/t10-,11+,15+,16-. The second-order valence-corrected chi connectivity index (χ2v) is 8.76. The maximum absolute atomic E-state index is 12.6. The molecule has 0 spiro atoms. The van der Waals surface area contributed by atoms with Crippen LogP contribution < -0.4 is 10.5 Å². The van der Waals surface area contributed by atoms with Crippen LogP contribution in [0.5, 0.6) is 0 Å². The Balaban J connectivity index is 1.35. The van der Waals surface area contributed by atoms with E-state index in [2.05, 4.69) is 5.32 Å². The van der Waals surface area contributed by atoms with Crippen LogP contribution in [0.2, 0.25) is 0 Å². The number of carbonyl (C=O) groups excluding carboxylic acids is 3. The van der Waals surface area contributed by atoms with E-state index in [-0.39, 0.29) is 59.3 Å². The summed E-state index contributed by atoms with van der Waals surface area (Å²) in [4.78, 5) is 38.4. The Bertz CT molecular complexity index is 924. The molecule has 0 aromatic heterocycles. The van der Waals surface area contributed by atoms with Crippen molar-refractivity contribution in [2.75, 3.05) is 11.9 Å². The molecule has 3 N–H and O–H groups in total. The largest absolute Gasteiger partial charge is 0.326 e. The molecule has 2 aliphatic carbocycles. The van der Waals surface area contributed by atoms with Gasteiger partial charge in [-0.1, -0.05) is 12.2 Å². The number of hydrogen-bond acceptors (Lipinski definition) is 5. The van der Waals surface area contributed by atoms with Crippen LogP contribution in [-0.2, 0) is 24.4 Å². The molecule has 1 aromatic rings. The third-order valence-corrected chi connectivity index (χ3v) is 6.52. The first-order chi connectivity index (χ1) is 12.8. The molecule has 9 heteroatoms. The Hall–Kier alpha value is -2.52. The summed E-state index contributed by atoms with van der Waals surface area (Å²) in [6.07, 6.45) is 4.91. The molecule has 142 valence electrons. The van der Waals surface area contributed by atoms with E-state index >= 15 is 0 Å². The van der Waals surface area contributed by atoms with E-state index in [9.17, 15) is 22.8 Å². The molecule has 1 heterocycles. The van der Waals surface area contributed by atoms with Crippen LogP contribution in [0.25, 0.3) is 0 Å². The lowest BCUT2D eigenvalue weighted by Gasteiger charge is -2.17. The molecule has 1 saturated carbocycles. The fraction of sp³-hybridized carbons (Fsp3) is 0.389. The highest BCUT2D eigenvalue weighted by Crippen LogP contribution is 2.52. The van der Waals surface area contributed by atoms with Crippen LogP contribution in [0, 0.1) is 23.7 Å². The van der Waals surface area contributed by atoms with Gasteiger partial charge in [0, 0.05) is 18.7 Å². The molecule has 8 nitrogen and oxygen atoms in total. The Morgan fingerprint density at radius 2 is 1.63 bits per heavy atom. The fourth-order valence-corrected chi connectivity index (χ4v) is 4.86. The molecule has 2 bridgehead atoms. The van der Waals surface area contributed by atoms with Gasteiger partial charge in [-0.2, -0.15) is 0 Å². The summed E-state index contributed by atoms with van der Waals surface area (Å²) in [6, 6.07) is 5.44. The fourth-order valence-electron chi connectivity index (χ4n) is 4.35. The minimum Gasteiger partial charge on any atom is -0.326 e. The summed E-state index contributed by atoms with van der Waals surface area (Å²) in [6.45, 7) is 0.0468. The lowest BCUT2D eigenvalue weighted by molar-refractivity contribution is -0.140. The second kappa shape index (κ2) is 6.28. The molecule has 0 unspecified atom stereocenters. The average Bonchev–Trinajstić information content (AvgIpc) is 3.28. The van der Waals surface area contributed by atoms with Crippen molar-refractivity contribution in [2.24, 2.45) is 28.8 Å². The number of hydrogen-bond donors (Lipinski definition) is 2. The number of rotatable bonds is 5. The van der Waals surface area contributed by atoms with E-state index < -0.39 is 10.0 Å². The summed E-state index contributed by atoms with van der Waals surface area (Å²) in [7, 11) is -3.79. The zero-order valence-electron chi connectivity index (χ0n) is 14.4. The lowest BCUT2D eigenvalue weighted by atomic mass is 9.85. The number of carbonyl (C=O) groups is 3. The second-order valence-electron chi connectivity index (χ2n) is 7.20. The van der Waals surface area contributed by atoms with Crippen LogP contribution in [0.1, 0.15) is 12.8 Å². The van der Waals surface area contributed by atoms with Gasteiger partial charge in [0.05, 0.1) is 16.7 Å². The zero-order chi connectivity index (χ0) is 19.3. The summed E-state index contributed by atoms with van der Waals surface area (Å²) >= 11 is 0. The van der Waals surface area contributed by atoms with Gasteiger partial charge >= 0.3 is 0 Å². The van der Waals surface area contributed by atoms with Crippen LogP contribution >= 0.6 is 0 Å². The smallest absolute Gasteiger partial charge is 0.238 e. The quantitative estimate of drug-likeness (QED) is 0.559. The third-order valence-electron chi connectivity index (χ3n) is 5.59. The molecule has 3 amide bonds. The van der Waals surface area contributed by atoms with Gasteiger partial charge in [0.2, 0.25) is 27.7 Å². The number of primary sulfonamides is 1. The van der Waals surface area contributed by atoms with Gasteiger partial charge in [-0.25, -0.2) is 13.6 Å². The van der Waals surface area contributed by atoms with Crippen molar-refractivity contribution >= 4 is 33.4 Å². The minimum absolute atomic E-state index is 0.0172. The first-order valence-electron chi connectivity index (χ1n) is 8.72. The third kappa shape index (κ3) is 3.06. The van der Waals surface area contributed by atoms with Crippen LogP contribution in [-0.4, -0.2) is 37.6 Å².